The molecule has 0 N–H and O–H groups in total. The topological polar surface area (TPSA) is 43.4 Å². The van der Waals surface area contributed by atoms with Crippen LogP contribution in [0.15, 0.2) is 54.6 Å². The normalized spacial score (nSPS) is 9.78. The summed E-state index contributed by atoms with van der Waals surface area (Å²) in [6.45, 7) is 0.0599. The first-order valence-corrected chi connectivity index (χ1v) is 5.55. The maximum absolute atomic E-state index is 11.6. The van der Waals surface area contributed by atoms with Gasteiger partial charge in [-0.15, -0.1) is 0 Å². The summed E-state index contributed by atoms with van der Waals surface area (Å²) in [4.78, 5) is 21.6. The Hall–Kier alpha value is -2.42. The van der Waals surface area contributed by atoms with Crippen molar-refractivity contribution in [3.8, 4) is 11.1 Å². The molecule has 3 heteroatoms. The van der Waals surface area contributed by atoms with E-state index in [9.17, 15) is 9.59 Å². The lowest BCUT2D eigenvalue weighted by atomic mass is 10.0. The summed E-state index contributed by atoms with van der Waals surface area (Å²) in [5.41, 5.74) is 2.68. The van der Waals surface area contributed by atoms with Gasteiger partial charge in [-0.05, 0) is 11.1 Å². The SMILES string of the molecule is O=COCC(=O)c1ccc(-c2ccccc2)cc1. The van der Waals surface area contributed by atoms with E-state index in [1.54, 1.807) is 12.1 Å². The van der Waals surface area contributed by atoms with Crippen LogP contribution in [0, 0.1) is 0 Å². The number of ketones is 1. The van der Waals surface area contributed by atoms with Gasteiger partial charge in [0.25, 0.3) is 6.47 Å². The van der Waals surface area contributed by atoms with Crippen LogP contribution in [0.5, 0.6) is 0 Å². The van der Waals surface area contributed by atoms with E-state index < -0.39 is 0 Å². The fraction of sp³-hybridized carbons (Fsp3) is 0.0667. The van der Waals surface area contributed by atoms with E-state index in [1.165, 1.54) is 0 Å². The molecule has 0 fully saturated rings. The minimum atomic E-state index is -0.214. The van der Waals surface area contributed by atoms with Crippen molar-refractivity contribution in [1.82, 2.24) is 0 Å². The van der Waals surface area contributed by atoms with Crippen molar-refractivity contribution in [2.75, 3.05) is 6.61 Å². The number of rotatable bonds is 5. The van der Waals surface area contributed by atoms with Crippen molar-refractivity contribution in [2.45, 2.75) is 0 Å². The lowest BCUT2D eigenvalue weighted by Gasteiger charge is -2.03. The summed E-state index contributed by atoms with van der Waals surface area (Å²) in [7, 11) is 0. The number of hydrogen-bond donors (Lipinski definition) is 0. The third kappa shape index (κ3) is 2.83. The van der Waals surface area contributed by atoms with Gasteiger partial charge in [0.05, 0.1) is 0 Å². The third-order valence-electron chi connectivity index (χ3n) is 2.60. The van der Waals surface area contributed by atoms with Crippen molar-refractivity contribution < 1.29 is 14.3 Å². The first-order chi connectivity index (χ1) is 8.81. The Bertz CT molecular complexity index is 529. The van der Waals surface area contributed by atoms with Crippen molar-refractivity contribution in [2.24, 2.45) is 0 Å². The van der Waals surface area contributed by atoms with Gasteiger partial charge in [-0.2, -0.15) is 0 Å². The molecule has 18 heavy (non-hydrogen) atoms. The van der Waals surface area contributed by atoms with Gasteiger partial charge in [0.2, 0.25) is 0 Å². The minimum absolute atomic E-state index is 0.207. The van der Waals surface area contributed by atoms with Gasteiger partial charge >= 0.3 is 0 Å². The lowest BCUT2D eigenvalue weighted by molar-refractivity contribution is -0.127. The van der Waals surface area contributed by atoms with E-state index in [0.717, 1.165) is 11.1 Å². The summed E-state index contributed by atoms with van der Waals surface area (Å²) in [5, 5.41) is 0. The molecule has 3 nitrogen and oxygen atoms in total. The monoisotopic (exact) mass is 240 g/mol. The molecule has 0 amide bonds. The van der Waals surface area contributed by atoms with Gasteiger partial charge in [0.15, 0.2) is 12.4 Å². The van der Waals surface area contributed by atoms with Crippen LogP contribution in [0.2, 0.25) is 0 Å². The summed E-state index contributed by atoms with van der Waals surface area (Å²) < 4.78 is 4.43. The Labute approximate surface area is 105 Å². The Morgan fingerprint density at radius 2 is 1.56 bits per heavy atom. The summed E-state index contributed by atoms with van der Waals surface area (Å²) in [5.74, 6) is -0.207. The molecule has 0 aromatic heterocycles. The molecule has 0 saturated heterocycles. The van der Waals surface area contributed by atoms with E-state index in [2.05, 4.69) is 4.74 Å². The van der Waals surface area contributed by atoms with Crippen LogP contribution in [0.25, 0.3) is 11.1 Å². The van der Waals surface area contributed by atoms with Gasteiger partial charge in [0.1, 0.15) is 0 Å². The zero-order chi connectivity index (χ0) is 12.8. The van der Waals surface area contributed by atoms with Crippen molar-refractivity contribution in [3.05, 3.63) is 60.2 Å². The van der Waals surface area contributed by atoms with Crippen LogP contribution in [0.3, 0.4) is 0 Å². The molecule has 0 spiro atoms. The summed E-state index contributed by atoms with van der Waals surface area (Å²) >= 11 is 0. The Morgan fingerprint density at radius 3 is 2.17 bits per heavy atom. The molecule has 2 aromatic carbocycles. The predicted molar refractivity (Wildman–Crippen MR) is 68.2 cm³/mol. The van der Waals surface area contributed by atoms with Gasteiger partial charge in [-0.3, -0.25) is 9.59 Å². The van der Waals surface area contributed by atoms with Crippen molar-refractivity contribution in [1.29, 1.82) is 0 Å². The highest BCUT2D eigenvalue weighted by Crippen LogP contribution is 2.19. The van der Waals surface area contributed by atoms with E-state index in [1.807, 2.05) is 42.5 Å². The zero-order valence-corrected chi connectivity index (χ0v) is 9.71. The molecular weight excluding hydrogens is 228 g/mol. The molecule has 0 saturated carbocycles. The quantitative estimate of drug-likeness (QED) is 0.596. The number of carbonyl (C=O) groups is 2. The average molecular weight is 240 g/mol. The molecule has 0 radical (unpaired) electrons. The van der Waals surface area contributed by atoms with Crippen LogP contribution in [0.4, 0.5) is 0 Å². The molecule has 2 aromatic rings. The van der Waals surface area contributed by atoms with E-state index in [4.69, 9.17) is 0 Å². The van der Waals surface area contributed by atoms with Crippen LogP contribution in [0.1, 0.15) is 10.4 Å². The summed E-state index contributed by atoms with van der Waals surface area (Å²) in [6, 6.07) is 17.1. The minimum Gasteiger partial charge on any atom is -0.459 e. The molecular formula is C15H12O3. The molecule has 0 aliphatic carbocycles. The van der Waals surface area contributed by atoms with Crippen LogP contribution < -0.4 is 0 Å². The molecule has 90 valence electrons. The lowest BCUT2D eigenvalue weighted by Crippen LogP contribution is -2.07. The fourth-order valence-electron chi connectivity index (χ4n) is 1.67. The van der Waals surface area contributed by atoms with Crippen LogP contribution >= 0.6 is 0 Å². The number of hydrogen-bond acceptors (Lipinski definition) is 3. The standard InChI is InChI=1S/C15H12O3/c16-11-18-10-15(17)14-8-6-13(7-9-14)12-4-2-1-3-5-12/h1-9,11H,10H2. The predicted octanol–water partition coefficient (Wildman–Crippen LogP) is 2.71. The van der Waals surface area contributed by atoms with Gasteiger partial charge in [-0.25, -0.2) is 0 Å². The second kappa shape index (κ2) is 5.77. The highest BCUT2D eigenvalue weighted by molar-refractivity contribution is 5.97. The number of benzene rings is 2. The van der Waals surface area contributed by atoms with E-state index in [-0.39, 0.29) is 18.9 Å². The van der Waals surface area contributed by atoms with Crippen molar-refractivity contribution in [3.63, 3.8) is 0 Å². The maximum Gasteiger partial charge on any atom is 0.293 e. The fourth-order valence-corrected chi connectivity index (χ4v) is 1.67. The van der Waals surface area contributed by atoms with Gasteiger partial charge < -0.3 is 4.74 Å². The molecule has 0 heterocycles. The third-order valence-corrected chi connectivity index (χ3v) is 2.60. The average Bonchev–Trinajstić information content (AvgIpc) is 2.46. The molecule has 0 bridgehead atoms. The molecule has 0 unspecified atom stereocenters. The molecule has 0 aliphatic rings. The number of Topliss-reactive ketones (excluding diaryl/α,β-unsaturated/α-hetero) is 1. The first-order valence-electron chi connectivity index (χ1n) is 5.55. The number of carbonyl (C=O) groups excluding carboxylic acids is 2. The van der Waals surface area contributed by atoms with Crippen LogP contribution in [-0.2, 0) is 9.53 Å². The Kier molecular flexibility index (Phi) is 3.86. The molecule has 2 rings (SSSR count). The second-order valence-corrected chi connectivity index (χ2v) is 3.77. The number of ether oxygens (including phenoxy) is 1. The molecule has 0 aliphatic heterocycles. The summed E-state index contributed by atoms with van der Waals surface area (Å²) in [6.07, 6.45) is 0. The largest absolute Gasteiger partial charge is 0.459 e. The highest BCUT2D eigenvalue weighted by atomic mass is 16.5. The van der Waals surface area contributed by atoms with E-state index >= 15 is 0 Å². The second-order valence-electron chi connectivity index (χ2n) is 3.77. The first kappa shape index (κ1) is 12.0. The smallest absolute Gasteiger partial charge is 0.293 e. The zero-order valence-electron chi connectivity index (χ0n) is 9.71. The van der Waals surface area contributed by atoms with E-state index in [0.29, 0.717) is 5.56 Å². The molecule has 0 atom stereocenters. The Balaban J connectivity index is 2.15. The van der Waals surface area contributed by atoms with Crippen molar-refractivity contribution >= 4 is 12.3 Å². The Morgan fingerprint density at radius 1 is 0.944 bits per heavy atom. The van der Waals surface area contributed by atoms with Gasteiger partial charge in [0, 0.05) is 5.56 Å². The maximum atomic E-state index is 11.6. The van der Waals surface area contributed by atoms with Crippen LogP contribution in [-0.4, -0.2) is 18.9 Å². The van der Waals surface area contributed by atoms with Gasteiger partial charge in [-0.1, -0.05) is 54.6 Å². The highest BCUT2D eigenvalue weighted by Gasteiger charge is 2.06.